The molecule has 1 rings (SSSR count). The molecule has 0 aliphatic heterocycles. The number of ether oxygens (including phenoxy) is 1. The van der Waals surface area contributed by atoms with Crippen LogP contribution in [0.15, 0.2) is 0 Å². The van der Waals surface area contributed by atoms with Crippen LogP contribution in [0.1, 0.15) is 46.5 Å². The van der Waals surface area contributed by atoms with Gasteiger partial charge in [-0.25, -0.2) is 0 Å². The largest absolute Gasteiger partial charge is 0.380 e. The lowest BCUT2D eigenvalue weighted by Gasteiger charge is -2.15. The SMILES string of the molecule is CC(C)CCOCCNCC1CCCC1C. The van der Waals surface area contributed by atoms with Gasteiger partial charge in [0.15, 0.2) is 0 Å². The Labute approximate surface area is 101 Å². The normalized spacial score (nSPS) is 25.5. The quantitative estimate of drug-likeness (QED) is 0.643. The predicted octanol–water partition coefficient (Wildman–Crippen LogP) is 3.07. The monoisotopic (exact) mass is 227 g/mol. The van der Waals surface area contributed by atoms with Gasteiger partial charge < -0.3 is 10.1 Å². The number of hydrogen-bond donors (Lipinski definition) is 1. The van der Waals surface area contributed by atoms with E-state index >= 15 is 0 Å². The highest BCUT2D eigenvalue weighted by Crippen LogP contribution is 2.30. The van der Waals surface area contributed by atoms with Crippen LogP contribution in [0.3, 0.4) is 0 Å². The van der Waals surface area contributed by atoms with Gasteiger partial charge in [-0.2, -0.15) is 0 Å². The van der Waals surface area contributed by atoms with Crippen LogP contribution >= 0.6 is 0 Å². The Morgan fingerprint density at radius 1 is 1.25 bits per heavy atom. The second kappa shape index (κ2) is 8.08. The first-order chi connectivity index (χ1) is 7.70. The lowest BCUT2D eigenvalue weighted by atomic mass is 9.98. The Hall–Kier alpha value is -0.0800. The molecule has 2 heteroatoms. The van der Waals surface area contributed by atoms with Crippen LogP contribution in [0.5, 0.6) is 0 Å². The summed E-state index contributed by atoms with van der Waals surface area (Å²) in [5.74, 6) is 2.59. The fourth-order valence-electron chi connectivity index (χ4n) is 2.38. The molecule has 1 fully saturated rings. The van der Waals surface area contributed by atoms with Crippen LogP contribution in [0.25, 0.3) is 0 Å². The van der Waals surface area contributed by atoms with Gasteiger partial charge in [0.1, 0.15) is 0 Å². The average molecular weight is 227 g/mol. The molecular formula is C14H29NO. The zero-order valence-electron chi connectivity index (χ0n) is 11.3. The van der Waals surface area contributed by atoms with Crippen LogP contribution < -0.4 is 5.32 Å². The van der Waals surface area contributed by atoms with Crippen molar-refractivity contribution < 1.29 is 4.74 Å². The van der Waals surface area contributed by atoms with E-state index < -0.39 is 0 Å². The van der Waals surface area contributed by atoms with E-state index in [1.165, 1.54) is 32.2 Å². The maximum absolute atomic E-state index is 5.57. The molecule has 2 unspecified atom stereocenters. The lowest BCUT2D eigenvalue weighted by Crippen LogP contribution is -2.27. The van der Waals surface area contributed by atoms with Crippen molar-refractivity contribution in [2.24, 2.45) is 17.8 Å². The van der Waals surface area contributed by atoms with Gasteiger partial charge in [-0.15, -0.1) is 0 Å². The molecule has 0 spiro atoms. The third-order valence-corrected chi connectivity index (χ3v) is 3.71. The third kappa shape index (κ3) is 5.86. The molecule has 1 aliphatic carbocycles. The van der Waals surface area contributed by atoms with Crippen molar-refractivity contribution in [1.29, 1.82) is 0 Å². The molecule has 96 valence electrons. The molecule has 0 amide bonds. The van der Waals surface area contributed by atoms with Gasteiger partial charge in [-0.05, 0) is 37.1 Å². The molecule has 0 aromatic heterocycles. The minimum Gasteiger partial charge on any atom is -0.380 e. The van der Waals surface area contributed by atoms with Crippen molar-refractivity contribution in [3.8, 4) is 0 Å². The van der Waals surface area contributed by atoms with Crippen LogP contribution in [0.4, 0.5) is 0 Å². The average Bonchev–Trinajstić information content (AvgIpc) is 2.62. The number of rotatable bonds is 8. The molecule has 2 atom stereocenters. The zero-order valence-corrected chi connectivity index (χ0v) is 11.3. The highest BCUT2D eigenvalue weighted by atomic mass is 16.5. The van der Waals surface area contributed by atoms with Crippen molar-refractivity contribution in [2.45, 2.75) is 46.5 Å². The van der Waals surface area contributed by atoms with E-state index in [1.54, 1.807) is 0 Å². The molecule has 1 N–H and O–H groups in total. The molecule has 0 saturated heterocycles. The minimum atomic E-state index is 0.757. The van der Waals surface area contributed by atoms with Gasteiger partial charge in [0.25, 0.3) is 0 Å². The summed E-state index contributed by atoms with van der Waals surface area (Å²) in [4.78, 5) is 0. The van der Waals surface area contributed by atoms with Gasteiger partial charge >= 0.3 is 0 Å². The van der Waals surface area contributed by atoms with E-state index in [4.69, 9.17) is 4.74 Å². The fourth-order valence-corrected chi connectivity index (χ4v) is 2.38. The van der Waals surface area contributed by atoms with Gasteiger partial charge in [0.05, 0.1) is 6.61 Å². The van der Waals surface area contributed by atoms with Gasteiger partial charge in [0.2, 0.25) is 0 Å². The van der Waals surface area contributed by atoms with Crippen LogP contribution in [-0.4, -0.2) is 26.3 Å². The van der Waals surface area contributed by atoms with Crippen molar-refractivity contribution >= 4 is 0 Å². The molecule has 1 aliphatic rings. The fraction of sp³-hybridized carbons (Fsp3) is 1.00. The second-order valence-corrected chi connectivity index (χ2v) is 5.67. The van der Waals surface area contributed by atoms with E-state index in [0.29, 0.717) is 0 Å². The summed E-state index contributed by atoms with van der Waals surface area (Å²) < 4.78 is 5.57. The van der Waals surface area contributed by atoms with E-state index in [2.05, 4.69) is 26.1 Å². The minimum absolute atomic E-state index is 0.757. The molecule has 0 bridgehead atoms. The second-order valence-electron chi connectivity index (χ2n) is 5.67. The molecule has 1 saturated carbocycles. The number of nitrogens with one attached hydrogen (secondary N) is 1. The molecule has 2 nitrogen and oxygen atoms in total. The van der Waals surface area contributed by atoms with E-state index in [1.807, 2.05) is 0 Å². The van der Waals surface area contributed by atoms with Crippen molar-refractivity contribution in [2.75, 3.05) is 26.3 Å². The number of hydrogen-bond acceptors (Lipinski definition) is 2. The molecule has 0 aromatic carbocycles. The van der Waals surface area contributed by atoms with E-state index in [-0.39, 0.29) is 0 Å². The maximum Gasteiger partial charge on any atom is 0.0590 e. The van der Waals surface area contributed by atoms with Crippen molar-refractivity contribution in [3.05, 3.63) is 0 Å². The standard InChI is InChI=1S/C14H29NO/c1-12(2)7-9-16-10-8-15-11-14-6-4-5-13(14)3/h12-15H,4-11H2,1-3H3. The maximum atomic E-state index is 5.57. The first-order valence-electron chi connectivity index (χ1n) is 6.98. The van der Waals surface area contributed by atoms with Gasteiger partial charge in [-0.1, -0.05) is 33.6 Å². The molecule has 16 heavy (non-hydrogen) atoms. The Bertz CT molecular complexity index is 170. The smallest absolute Gasteiger partial charge is 0.0590 e. The highest BCUT2D eigenvalue weighted by Gasteiger charge is 2.22. The summed E-state index contributed by atoms with van der Waals surface area (Å²) in [7, 11) is 0. The van der Waals surface area contributed by atoms with Crippen LogP contribution in [0.2, 0.25) is 0 Å². The van der Waals surface area contributed by atoms with E-state index in [9.17, 15) is 0 Å². The van der Waals surface area contributed by atoms with Crippen molar-refractivity contribution in [1.82, 2.24) is 5.32 Å². The predicted molar refractivity (Wildman–Crippen MR) is 69.6 cm³/mol. The summed E-state index contributed by atoms with van der Waals surface area (Å²) in [5.41, 5.74) is 0. The van der Waals surface area contributed by atoms with E-state index in [0.717, 1.165) is 37.5 Å². The topological polar surface area (TPSA) is 21.3 Å². The molecular weight excluding hydrogens is 198 g/mol. The first kappa shape index (κ1) is 14.0. The third-order valence-electron chi connectivity index (χ3n) is 3.71. The Morgan fingerprint density at radius 3 is 2.69 bits per heavy atom. The lowest BCUT2D eigenvalue weighted by molar-refractivity contribution is 0.124. The van der Waals surface area contributed by atoms with Crippen LogP contribution in [-0.2, 0) is 4.74 Å². The summed E-state index contributed by atoms with van der Waals surface area (Å²) >= 11 is 0. The summed E-state index contributed by atoms with van der Waals surface area (Å²) in [6.45, 7) is 10.9. The zero-order chi connectivity index (χ0) is 11.8. The van der Waals surface area contributed by atoms with Crippen molar-refractivity contribution in [3.63, 3.8) is 0 Å². The van der Waals surface area contributed by atoms with Gasteiger partial charge in [0, 0.05) is 13.2 Å². The summed E-state index contributed by atoms with van der Waals surface area (Å²) in [6.07, 6.45) is 5.46. The highest BCUT2D eigenvalue weighted by molar-refractivity contribution is 4.75. The van der Waals surface area contributed by atoms with Gasteiger partial charge in [-0.3, -0.25) is 0 Å². The Balaban J connectivity index is 1.84. The summed E-state index contributed by atoms with van der Waals surface area (Å²) in [5, 5.41) is 3.52. The Kier molecular flexibility index (Phi) is 7.06. The Morgan fingerprint density at radius 2 is 2.06 bits per heavy atom. The summed E-state index contributed by atoms with van der Waals surface area (Å²) in [6, 6.07) is 0. The molecule has 0 radical (unpaired) electrons. The first-order valence-corrected chi connectivity index (χ1v) is 6.98. The van der Waals surface area contributed by atoms with Crippen LogP contribution in [0, 0.1) is 17.8 Å². The molecule has 0 heterocycles. The molecule has 0 aromatic rings.